The Kier molecular flexibility index (Phi) is 7.58. The molecule has 0 bridgehead atoms. The molecule has 1 aromatic carbocycles. The summed E-state index contributed by atoms with van der Waals surface area (Å²) in [5.41, 5.74) is 1.36. The highest BCUT2D eigenvalue weighted by Gasteiger charge is 2.26. The summed E-state index contributed by atoms with van der Waals surface area (Å²) >= 11 is 12.5. The number of thiocarbonyl (C=S) groups is 1. The van der Waals surface area contributed by atoms with Crippen LogP contribution < -0.4 is 10.6 Å². The van der Waals surface area contributed by atoms with Crippen LogP contribution in [0.25, 0.3) is 0 Å². The zero-order valence-corrected chi connectivity index (χ0v) is 17.4. The molecular weight excluding hydrogens is 408 g/mol. The van der Waals surface area contributed by atoms with E-state index in [1.54, 1.807) is 39.0 Å². The standard InChI is InChI=1S/C18H19ClN2O4S2/c1-4-24-16(22)13-10(3)14(17(23)25-5-2)27-15(13)21-18(26)20-12-9-7-6-8-11(12)19/h6-9H,4-5H2,1-3H3,(H2,20,21,26). The molecule has 0 aliphatic rings. The lowest BCUT2D eigenvalue weighted by atomic mass is 10.1. The predicted octanol–water partition coefficient (Wildman–Crippen LogP) is 4.87. The number of halogens is 1. The molecule has 2 N–H and O–H groups in total. The van der Waals surface area contributed by atoms with Gasteiger partial charge in [-0.25, -0.2) is 9.59 Å². The molecular formula is C18H19ClN2O4S2. The highest BCUT2D eigenvalue weighted by Crippen LogP contribution is 2.34. The Balaban J connectivity index is 2.32. The molecule has 9 heteroatoms. The second-order valence-corrected chi connectivity index (χ2v) is 7.10. The Morgan fingerprint density at radius 2 is 1.74 bits per heavy atom. The second kappa shape index (κ2) is 9.68. The van der Waals surface area contributed by atoms with Gasteiger partial charge < -0.3 is 20.1 Å². The van der Waals surface area contributed by atoms with E-state index >= 15 is 0 Å². The maximum absolute atomic E-state index is 12.4. The quantitative estimate of drug-likeness (QED) is 0.503. The molecule has 0 spiro atoms. The Hall–Kier alpha value is -2.16. The highest BCUT2D eigenvalue weighted by molar-refractivity contribution is 7.80. The van der Waals surface area contributed by atoms with E-state index in [-0.39, 0.29) is 23.9 Å². The molecule has 27 heavy (non-hydrogen) atoms. The first-order valence-corrected chi connectivity index (χ1v) is 9.79. The smallest absolute Gasteiger partial charge is 0.348 e. The van der Waals surface area contributed by atoms with E-state index in [1.165, 1.54) is 0 Å². The summed E-state index contributed by atoms with van der Waals surface area (Å²) in [6.07, 6.45) is 0. The first-order chi connectivity index (χ1) is 12.9. The molecule has 1 heterocycles. The average Bonchev–Trinajstić information content (AvgIpc) is 2.93. The van der Waals surface area contributed by atoms with Crippen LogP contribution >= 0.6 is 35.2 Å². The fourth-order valence-corrected chi connectivity index (χ4v) is 3.81. The van der Waals surface area contributed by atoms with Gasteiger partial charge in [0.2, 0.25) is 0 Å². The fourth-order valence-electron chi connectivity index (χ4n) is 2.26. The topological polar surface area (TPSA) is 76.7 Å². The third-order valence-corrected chi connectivity index (χ3v) is 5.16. The van der Waals surface area contributed by atoms with Crippen molar-refractivity contribution < 1.29 is 19.1 Å². The molecule has 2 aromatic rings. The summed E-state index contributed by atoms with van der Waals surface area (Å²) in [5.74, 6) is -1.03. The summed E-state index contributed by atoms with van der Waals surface area (Å²) in [4.78, 5) is 24.9. The van der Waals surface area contributed by atoms with E-state index in [0.717, 1.165) is 11.3 Å². The van der Waals surface area contributed by atoms with Crippen LogP contribution in [-0.2, 0) is 9.47 Å². The zero-order chi connectivity index (χ0) is 20.0. The number of nitrogens with one attached hydrogen (secondary N) is 2. The van der Waals surface area contributed by atoms with Crippen LogP contribution in [0, 0.1) is 6.92 Å². The monoisotopic (exact) mass is 426 g/mol. The third-order valence-electron chi connectivity index (χ3n) is 3.44. The van der Waals surface area contributed by atoms with E-state index < -0.39 is 11.9 Å². The van der Waals surface area contributed by atoms with E-state index in [2.05, 4.69) is 10.6 Å². The molecule has 2 rings (SSSR count). The lowest BCUT2D eigenvalue weighted by Crippen LogP contribution is -2.20. The fraction of sp³-hybridized carbons (Fsp3) is 0.278. The van der Waals surface area contributed by atoms with Crippen molar-refractivity contribution in [1.29, 1.82) is 0 Å². The number of hydrogen-bond donors (Lipinski definition) is 2. The number of benzene rings is 1. The maximum Gasteiger partial charge on any atom is 0.348 e. The average molecular weight is 427 g/mol. The van der Waals surface area contributed by atoms with Gasteiger partial charge >= 0.3 is 11.9 Å². The van der Waals surface area contributed by atoms with Crippen molar-refractivity contribution in [3.63, 3.8) is 0 Å². The Bertz CT molecular complexity index is 867. The van der Waals surface area contributed by atoms with Gasteiger partial charge in [-0.3, -0.25) is 0 Å². The Labute approximate surface area is 171 Å². The van der Waals surface area contributed by atoms with Crippen LogP contribution in [0.1, 0.15) is 39.4 Å². The molecule has 6 nitrogen and oxygen atoms in total. The lowest BCUT2D eigenvalue weighted by Gasteiger charge is -2.12. The van der Waals surface area contributed by atoms with E-state index in [0.29, 0.717) is 26.2 Å². The minimum absolute atomic E-state index is 0.213. The van der Waals surface area contributed by atoms with Gasteiger partial charge in [-0.15, -0.1) is 11.3 Å². The molecule has 0 aliphatic carbocycles. The molecule has 0 radical (unpaired) electrons. The van der Waals surface area contributed by atoms with Crippen LogP contribution in [0.15, 0.2) is 24.3 Å². The van der Waals surface area contributed by atoms with Gasteiger partial charge in [-0.05, 0) is 50.7 Å². The normalized spacial score (nSPS) is 10.2. The third kappa shape index (κ3) is 5.18. The molecule has 0 atom stereocenters. The number of anilines is 2. The number of carbonyl (C=O) groups excluding carboxylic acids is 2. The van der Waals surface area contributed by atoms with Crippen LogP contribution in [0.3, 0.4) is 0 Å². The Morgan fingerprint density at radius 3 is 2.37 bits per heavy atom. The SMILES string of the molecule is CCOC(=O)c1sc(NC(=S)Nc2ccccc2Cl)c(C(=O)OCC)c1C. The summed E-state index contributed by atoms with van der Waals surface area (Å²) in [6, 6.07) is 7.11. The lowest BCUT2D eigenvalue weighted by molar-refractivity contribution is 0.0527. The summed E-state index contributed by atoms with van der Waals surface area (Å²) in [5, 5.41) is 7.05. The number of esters is 2. The van der Waals surface area contributed by atoms with Gasteiger partial charge in [0.25, 0.3) is 0 Å². The number of para-hydroxylation sites is 1. The molecule has 0 amide bonds. The van der Waals surface area contributed by atoms with Gasteiger partial charge in [0.1, 0.15) is 9.88 Å². The van der Waals surface area contributed by atoms with Crippen molar-refractivity contribution in [2.45, 2.75) is 20.8 Å². The van der Waals surface area contributed by atoms with Crippen molar-refractivity contribution in [2.24, 2.45) is 0 Å². The molecule has 0 saturated heterocycles. The van der Waals surface area contributed by atoms with Gasteiger partial charge in [-0.1, -0.05) is 23.7 Å². The minimum atomic E-state index is -0.537. The van der Waals surface area contributed by atoms with E-state index in [9.17, 15) is 9.59 Å². The Morgan fingerprint density at radius 1 is 1.11 bits per heavy atom. The number of carbonyl (C=O) groups is 2. The molecule has 1 aromatic heterocycles. The van der Waals surface area contributed by atoms with Crippen LogP contribution in [0.2, 0.25) is 5.02 Å². The molecule has 0 fully saturated rings. The highest BCUT2D eigenvalue weighted by atomic mass is 35.5. The van der Waals surface area contributed by atoms with Gasteiger partial charge in [0, 0.05) is 0 Å². The maximum atomic E-state index is 12.4. The molecule has 0 aliphatic heterocycles. The molecule has 144 valence electrons. The van der Waals surface area contributed by atoms with Gasteiger partial charge in [0.05, 0.1) is 29.5 Å². The first-order valence-electron chi connectivity index (χ1n) is 8.19. The molecule has 0 saturated carbocycles. The second-order valence-electron chi connectivity index (χ2n) is 5.26. The number of thiophene rings is 1. The summed E-state index contributed by atoms with van der Waals surface area (Å²) in [7, 11) is 0. The first kappa shape index (κ1) is 21.1. The van der Waals surface area contributed by atoms with Crippen molar-refractivity contribution in [2.75, 3.05) is 23.8 Å². The van der Waals surface area contributed by atoms with Crippen molar-refractivity contribution in [3.8, 4) is 0 Å². The summed E-state index contributed by atoms with van der Waals surface area (Å²) in [6.45, 7) is 5.55. The van der Waals surface area contributed by atoms with Crippen molar-refractivity contribution >= 4 is 62.9 Å². The van der Waals surface area contributed by atoms with Crippen LogP contribution in [-0.4, -0.2) is 30.3 Å². The predicted molar refractivity (Wildman–Crippen MR) is 112 cm³/mol. The number of rotatable bonds is 6. The van der Waals surface area contributed by atoms with E-state index in [1.807, 2.05) is 6.07 Å². The summed E-state index contributed by atoms with van der Waals surface area (Å²) < 4.78 is 10.2. The molecule has 0 unspecified atom stereocenters. The minimum Gasteiger partial charge on any atom is -0.462 e. The van der Waals surface area contributed by atoms with Crippen LogP contribution in [0.5, 0.6) is 0 Å². The van der Waals surface area contributed by atoms with Crippen molar-refractivity contribution in [3.05, 3.63) is 45.3 Å². The largest absolute Gasteiger partial charge is 0.462 e. The van der Waals surface area contributed by atoms with E-state index in [4.69, 9.17) is 33.3 Å². The van der Waals surface area contributed by atoms with Gasteiger partial charge in [-0.2, -0.15) is 0 Å². The van der Waals surface area contributed by atoms with Crippen LogP contribution in [0.4, 0.5) is 10.7 Å². The number of hydrogen-bond acceptors (Lipinski definition) is 6. The van der Waals surface area contributed by atoms with Crippen molar-refractivity contribution in [1.82, 2.24) is 0 Å². The van der Waals surface area contributed by atoms with Gasteiger partial charge in [0.15, 0.2) is 5.11 Å². The zero-order valence-electron chi connectivity index (χ0n) is 15.1. The number of ether oxygens (including phenoxy) is 2.